The van der Waals surface area contributed by atoms with E-state index in [1.54, 1.807) is 11.3 Å². The summed E-state index contributed by atoms with van der Waals surface area (Å²) < 4.78 is 11.0. The van der Waals surface area contributed by atoms with E-state index in [4.69, 9.17) is 9.47 Å². The average Bonchev–Trinajstić information content (AvgIpc) is 2.71. The maximum atomic E-state index is 5.51. The minimum Gasteiger partial charge on any atom is -0.352 e. The van der Waals surface area contributed by atoms with Gasteiger partial charge < -0.3 is 9.47 Å². The summed E-state index contributed by atoms with van der Waals surface area (Å²) in [5.74, 6) is 0. The van der Waals surface area contributed by atoms with Crippen LogP contribution in [-0.4, -0.2) is 38.0 Å². The molecule has 3 nitrogen and oxygen atoms in total. The first kappa shape index (κ1) is 13.6. The molecule has 0 saturated carbocycles. The van der Waals surface area contributed by atoms with E-state index in [1.807, 2.05) is 13.8 Å². The lowest BCUT2D eigenvalue weighted by Crippen LogP contribution is -2.32. The second-order valence-electron chi connectivity index (χ2n) is 3.67. The zero-order valence-electron chi connectivity index (χ0n) is 10.3. The summed E-state index contributed by atoms with van der Waals surface area (Å²) >= 11 is 1.73. The summed E-state index contributed by atoms with van der Waals surface area (Å²) in [5.41, 5.74) is 1.35. The molecule has 92 valence electrons. The largest absolute Gasteiger partial charge is 0.352 e. The first-order chi connectivity index (χ1) is 7.76. The van der Waals surface area contributed by atoms with E-state index < -0.39 is 0 Å². The van der Waals surface area contributed by atoms with Gasteiger partial charge in [-0.05, 0) is 43.3 Å². The fraction of sp³-hybridized carbons (Fsp3) is 0.667. The van der Waals surface area contributed by atoms with E-state index in [1.165, 1.54) is 5.56 Å². The van der Waals surface area contributed by atoms with E-state index in [-0.39, 0.29) is 6.29 Å². The number of hydrogen-bond acceptors (Lipinski definition) is 4. The van der Waals surface area contributed by atoms with Crippen LogP contribution in [0.5, 0.6) is 0 Å². The molecule has 0 bridgehead atoms. The molecule has 16 heavy (non-hydrogen) atoms. The molecular weight excluding hydrogens is 222 g/mol. The Bertz CT molecular complexity index is 258. The lowest BCUT2D eigenvalue weighted by atomic mass is 10.3. The van der Waals surface area contributed by atoms with Crippen molar-refractivity contribution in [2.75, 3.05) is 26.8 Å². The number of hydrogen-bond donors (Lipinski definition) is 0. The van der Waals surface area contributed by atoms with Crippen molar-refractivity contribution >= 4 is 11.3 Å². The van der Waals surface area contributed by atoms with Gasteiger partial charge in [0.15, 0.2) is 6.29 Å². The van der Waals surface area contributed by atoms with Crippen LogP contribution in [0.1, 0.15) is 19.4 Å². The minimum absolute atomic E-state index is 0.112. The summed E-state index contributed by atoms with van der Waals surface area (Å²) in [6.07, 6.45) is -0.112. The van der Waals surface area contributed by atoms with Crippen molar-refractivity contribution in [3.63, 3.8) is 0 Å². The Morgan fingerprint density at radius 2 is 2.00 bits per heavy atom. The van der Waals surface area contributed by atoms with Gasteiger partial charge in [0, 0.05) is 26.3 Å². The average molecular weight is 243 g/mol. The Kier molecular flexibility index (Phi) is 6.64. The van der Waals surface area contributed by atoms with Crippen molar-refractivity contribution in [3.8, 4) is 0 Å². The molecule has 4 heteroatoms. The third-order valence-corrected chi connectivity index (χ3v) is 2.93. The van der Waals surface area contributed by atoms with Crippen molar-refractivity contribution in [1.29, 1.82) is 0 Å². The second kappa shape index (κ2) is 7.79. The molecular formula is C12H21NO2S. The summed E-state index contributed by atoms with van der Waals surface area (Å²) in [5, 5.41) is 4.28. The van der Waals surface area contributed by atoms with Crippen LogP contribution >= 0.6 is 11.3 Å². The Morgan fingerprint density at radius 3 is 2.50 bits per heavy atom. The molecule has 0 atom stereocenters. The highest BCUT2D eigenvalue weighted by atomic mass is 32.1. The number of likely N-dealkylation sites (N-methyl/N-ethyl adjacent to an activating group) is 1. The van der Waals surface area contributed by atoms with Crippen LogP contribution in [0.25, 0.3) is 0 Å². The Hall–Kier alpha value is -0.420. The van der Waals surface area contributed by atoms with Crippen LogP contribution in [0.2, 0.25) is 0 Å². The molecule has 0 amide bonds. The van der Waals surface area contributed by atoms with E-state index >= 15 is 0 Å². The van der Waals surface area contributed by atoms with Gasteiger partial charge in [0.05, 0.1) is 0 Å². The maximum absolute atomic E-state index is 5.51. The van der Waals surface area contributed by atoms with Gasteiger partial charge in [0.25, 0.3) is 0 Å². The highest BCUT2D eigenvalue weighted by molar-refractivity contribution is 7.07. The number of ether oxygens (including phenoxy) is 2. The van der Waals surface area contributed by atoms with Gasteiger partial charge in [0.1, 0.15) is 0 Å². The molecule has 0 aliphatic heterocycles. The van der Waals surface area contributed by atoms with Crippen molar-refractivity contribution in [2.24, 2.45) is 0 Å². The lowest BCUT2D eigenvalue weighted by molar-refractivity contribution is -0.145. The highest BCUT2D eigenvalue weighted by Gasteiger charge is 2.11. The molecule has 0 spiro atoms. The zero-order chi connectivity index (χ0) is 11.8. The Balaban J connectivity index is 2.32. The standard InChI is InChI=1S/C12H21NO2S/c1-4-14-12(15-5-2)9-13(3)8-11-6-7-16-10-11/h6-7,10,12H,4-5,8-9H2,1-3H3. The Morgan fingerprint density at radius 1 is 1.31 bits per heavy atom. The molecule has 0 radical (unpaired) electrons. The predicted octanol–water partition coefficient (Wildman–Crippen LogP) is 2.58. The molecule has 0 aliphatic carbocycles. The van der Waals surface area contributed by atoms with Gasteiger partial charge in [-0.1, -0.05) is 0 Å². The van der Waals surface area contributed by atoms with E-state index in [0.717, 1.165) is 13.1 Å². The third-order valence-electron chi connectivity index (χ3n) is 2.20. The molecule has 1 aromatic heterocycles. The van der Waals surface area contributed by atoms with Crippen molar-refractivity contribution < 1.29 is 9.47 Å². The van der Waals surface area contributed by atoms with Gasteiger partial charge >= 0.3 is 0 Å². The van der Waals surface area contributed by atoms with Gasteiger partial charge in [0.2, 0.25) is 0 Å². The van der Waals surface area contributed by atoms with Crippen molar-refractivity contribution in [3.05, 3.63) is 22.4 Å². The molecule has 0 fully saturated rings. The highest BCUT2D eigenvalue weighted by Crippen LogP contribution is 2.09. The maximum Gasteiger partial charge on any atom is 0.170 e. The molecule has 1 heterocycles. The molecule has 0 N–H and O–H groups in total. The fourth-order valence-corrected chi connectivity index (χ4v) is 2.20. The molecule has 0 saturated heterocycles. The smallest absolute Gasteiger partial charge is 0.170 e. The topological polar surface area (TPSA) is 21.7 Å². The number of nitrogens with zero attached hydrogens (tertiary/aromatic N) is 1. The summed E-state index contributed by atoms with van der Waals surface area (Å²) in [7, 11) is 2.09. The second-order valence-corrected chi connectivity index (χ2v) is 4.45. The fourth-order valence-electron chi connectivity index (χ4n) is 1.54. The monoisotopic (exact) mass is 243 g/mol. The molecule has 0 aliphatic rings. The summed E-state index contributed by atoms with van der Waals surface area (Å²) in [6, 6.07) is 2.15. The molecule has 1 aromatic rings. The van der Waals surface area contributed by atoms with Gasteiger partial charge in [-0.2, -0.15) is 11.3 Å². The van der Waals surface area contributed by atoms with Crippen LogP contribution in [0.15, 0.2) is 16.8 Å². The first-order valence-corrected chi connectivity index (χ1v) is 6.63. The van der Waals surface area contributed by atoms with E-state index in [0.29, 0.717) is 13.2 Å². The van der Waals surface area contributed by atoms with Crippen molar-refractivity contribution in [2.45, 2.75) is 26.7 Å². The molecule has 1 rings (SSSR count). The van der Waals surface area contributed by atoms with E-state index in [2.05, 4.69) is 28.8 Å². The third kappa shape index (κ3) is 5.07. The summed E-state index contributed by atoms with van der Waals surface area (Å²) in [4.78, 5) is 2.22. The SMILES string of the molecule is CCOC(CN(C)Cc1ccsc1)OCC. The van der Waals surface area contributed by atoms with Crippen LogP contribution in [0.4, 0.5) is 0 Å². The minimum atomic E-state index is -0.112. The quantitative estimate of drug-likeness (QED) is 0.655. The van der Waals surface area contributed by atoms with Crippen molar-refractivity contribution in [1.82, 2.24) is 4.90 Å². The molecule has 0 unspecified atom stereocenters. The normalized spacial score (nSPS) is 11.6. The van der Waals surface area contributed by atoms with E-state index in [9.17, 15) is 0 Å². The summed E-state index contributed by atoms with van der Waals surface area (Å²) in [6.45, 7) is 7.11. The zero-order valence-corrected chi connectivity index (χ0v) is 11.1. The molecule has 0 aromatic carbocycles. The van der Waals surface area contributed by atoms with Crippen LogP contribution in [0.3, 0.4) is 0 Å². The Labute approximate surface area is 102 Å². The first-order valence-electron chi connectivity index (χ1n) is 5.69. The van der Waals surface area contributed by atoms with Crippen LogP contribution in [0, 0.1) is 0 Å². The van der Waals surface area contributed by atoms with Crippen LogP contribution < -0.4 is 0 Å². The predicted molar refractivity (Wildman–Crippen MR) is 67.7 cm³/mol. The van der Waals surface area contributed by atoms with Gasteiger partial charge in [-0.25, -0.2) is 0 Å². The number of thiophene rings is 1. The lowest BCUT2D eigenvalue weighted by Gasteiger charge is -2.23. The van der Waals surface area contributed by atoms with Crippen LogP contribution in [-0.2, 0) is 16.0 Å². The number of rotatable bonds is 8. The van der Waals surface area contributed by atoms with Gasteiger partial charge in [-0.15, -0.1) is 0 Å². The van der Waals surface area contributed by atoms with Gasteiger partial charge in [-0.3, -0.25) is 4.90 Å².